The largest absolute Gasteiger partial charge is 0.489 e. The van der Waals surface area contributed by atoms with Crippen LogP contribution in [0.25, 0.3) is 0 Å². The molecule has 28 heavy (non-hydrogen) atoms. The molecule has 5 nitrogen and oxygen atoms in total. The molecule has 0 aromatic heterocycles. The second kappa shape index (κ2) is 7.63. The Kier molecular flexibility index (Phi) is 5.42. The van der Waals surface area contributed by atoms with Gasteiger partial charge in [-0.25, -0.2) is 0 Å². The molecular weight excluding hydrogens is 375 g/mol. The van der Waals surface area contributed by atoms with Gasteiger partial charge in [0.1, 0.15) is 12.4 Å². The lowest BCUT2D eigenvalue weighted by Gasteiger charge is -2.17. The van der Waals surface area contributed by atoms with E-state index in [4.69, 9.17) is 9.47 Å². The normalized spacial score (nSPS) is 15.0. The van der Waals surface area contributed by atoms with Crippen LogP contribution >= 0.6 is 0 Å². The Balaban J connectivity index is 1.70. The van der Waals surface area contributed by atoms with E-state index < -0.39 is 23.6 Å². The first-order chi connectivity index (χ1) is 13.2. The van der Waals surface area contributed by atoms with E-state index in [2.05, 4.69) is 0 Å². The zero-order valence-electron chi connectivity index (χ0n) is 15.2. The van der Waals surface area contributed by atoms with Crippen LogP contribution in [0.4, 0.5) is 13.2 Å². The molecule has 0 bridgehead atoms. The van der Waals surface area contributed by atoms with Crippen molar-refractivity contribution in [3.8, 4) is 5.75 Å². The molecule has 0 saturated heterocycles. The van der Waals surface area contributed by atoms with Crippen molar-refractivity contribution in [3.05, 3.63) is 64.7 Å². The van der Waals surface area contributed by atoms with Gasteiger partial charge in [0.2, 0.25) is 0 Å². The SMILES string of the molecule is COC(C)CN1C(=O)c2ccc(OCc3ccc(C(F)(F)F)cc3)cc2C1=O. The summed E-state index contributed by atoms with van der Waals surface area (Å²) in [6, 6.07) is 9.16. The van der Waals surface area contributed by atoms with Crippen molar-refractivity contribution in [2.75, 3.05) is 13.7 Å². The van der Waals surface area contributed by atoms with Gasteiger partial charge in [-0.1, -0.05) is 12.1 Å². The Hall–Kier alpha value is -2.87. The van der Waals surface area contributed by atoms with Gasteiger partial charge in [-0.2, -0.15) is 13.2 Å². The predicted molar refractivity (Wildman–Crippen MR) is 94.1 cm³/mol. The number of hydrogen-bond acceptors (Lipinski definition) is 4. The Morgan fingerprint density at radius 3 is 2.25 bits per heavy atom. The van der Waals surface area contributed by atoms with Gasteiger partial charge in [-0.3, -0.25) is 14.5 Å². The van der Waals surface area contributed by atoms with Gasteiger partial charge < -0.3 is 9.47 Å². The molecule has 148 valence electrons. The number of nitrogens with zero attached hydrogens (tertiary/aromatic N) is 1. The number of alkyl halides is 3. The summed E-state index contributed by atoms with van der Waals surface area (Å²) in [6.45, 7) is 1.93. The van der Waals surface area contributed by atoms with Crippen molar-refractivity contribution in [2.24, 2.45) is 0 Å². The number of carbonyl (C=O) groups excluding carboxylic acids is 2. The third-order valence-electron chi connectivity index (χ3n) is 4.47. The fraction of sp³-hybridized carbons (Fsp3) is 0.300. The molecule has 0 spiro atoms. The summed E-state index contributed by atoms with van der Waals surface area (Å²) in [5.41, 5.74) is 0.336. The second-order valence-electron chi connectivity index (χ2n) is 6.46. The van der Waals surface area contributed by atoms with Gasteiger partial charge in [0.15, 0.2) is 0 Å². The first-order valence-electron chi connectivity index (χ1n) is 8.52. The number of fused-ring (bicyclic) bond motifs is 1. The zero-order valence-corrected chi connectivity index (χ0v) is 15.2. The summed E-state index contributed by atoms with van der Waals surface area (Å²) in [6.07, 6.45) is -4.68. The van der Waals surface area contributed by atoms with Crippen LogP contribution in [0.2, 0.25) is 0 Å². The van der Waals surface area contributed by atoms with E-state index in [0.717, 1.165) is 17.0 Å². The van der Waals surface area contributed by atoms with Gasteiger partial charge in [0, 0.05) is 7.11 Å². The third-order valence-corrected chi connectivity index (χ3v) is 4.47. The van der Waals surface area contributed by atoms with E-state index in [1.807, 2.05) is 0 Å². The van der Waals surface area contributed by atoms with Gasteiger partial charge in [0.05, 0.1) is 29.3 Å². The van der Waals surface area contributed by atoms with E-state index in [1.54, 1.807) is 13.0 Å². The lowest BCUT2D eigenvalue weighted by atomic mass is 10.1. The monoisotopic (exact) mass is 393 g/mol. The smallest absolute Gasteiger partial charge is 0.416 e. The standard InChI is InChI=1S/C20H18F3NO4/c1-12(27-2)10-24-18(25)16-8-7-15(9-17(16)19(24)26)28-11-13-3-5-14(6-4-13)20(21,22)23/h3-9,12H,10-11H2,1-2H3. The van der Waals surface area contributed by atoms with Crippen molar-refractivity contribution in [2.45, 2.75) is 25.8 Å². The molecule has 0 aliphatic carbocycles. The molecule has 0 N–H and O–H groups in total. The summed E-state index contributed by atoms with van der Waals surface area (Å²) in [5, 5.41) is 0. The lowest BCUT2D eigenvalue weighted by molar-refractivity contribution is -0.137. The molecule has 2 aromatic rings. The van der Waals surface area contributed by atoms with Crippen LogP contribution in [-0.4, -0.2) is 36.5 Å². The first-order valence-corrected chi connectivity index (χ1v) is 8.52. The van der Waals surface area contributed by atoms with Crippen molar-refractivity contribution < 1.29 is 32.2 Å². The van der Waals surface area contributed by atoms with Crippen LogP contribution in [0.3, 0.4) is 0 Å². The van der Waals surface area contributed by atoms with Crippen molar-refractivity contribution in [1.82, 2.24) is 4.90 Å². The van der Waals surface area contributed by atoms with Gasteiger partial charge in [-0.05, 0) is 42.8 Å². The molecule has 3 rings (SSSR count). The van der Waals surface area contributed by atoms with E-state index >= 15 is 0 Å². The molecule has 2 amide bonds. The highest BCUT2D eigenvalue weighted by Gasteiger charge is 2.36. The Bertz CT molecular complexity index is 893. The summed E-state index contributed by atoms with van der Waals surface area (Å²) in [7, 11) is 1.50. The molecule has 1 heterocycles. The molecule has 1 unspecified atom stereocenters. The van der Waals surface area contributed by atoms with Crippen LogP contribution in [-0.2, 0) is 17.5 Å². The number of imide groups is 1. The van der Waals surface area contributed by atoms with Crippen molar-refractivity contribution >= 4 is 11.8 Å². The number of ether oxygens (including phenoxy) is 2. The number of carbonyl (C=O) groups is 2. The summed E-state index contributed by atoms with van der Waals surface area (Å²) in [4.78, 5) is 26.0. The molecule has 8 heteroatoms. The molecule has 0 saturated carbocycles. The number of hydrogen-bond donors (Lipinski definition) is 0. The first kappa shape index (κ1) is 19.9. The molecule has 1 atom stereocenters. The summed E-state index contributed by atoms with van der Waals surface area (Å²) in [5.74, 6) is -0.469. The van der Waals surface area contributed by atoms with Crippen molar-refractivity contribution in [1.29, 1.82) is 0 Å². The Labute approximate surface area is 159 Å². The summed E-state index contributed by atoms with van der Waals surface area (Å²) < 4.78 is 48.5. The number of methoxy groups -OCH3 is 1. The van der Waals surface area contributed by atoms with Crippen molar-refractivity contribution in [3.63, 3.8) is 0 Å². The van der Waals surface area contributed by atoms with Gasteiger partial charge >= 0.3 is 6.18 Å². The van der Waals surface area contributed by atoms with Crippen LogP contribution in [0, 0.1) is 0 Å². The maximum absolute atomic E-state index is 12.6. The molecule has 2 aromatic carbocycles. The van der Waals surface area contributed by atoms with E-state index in [1.165, 1.54) is 31.4 Å². The fourth-order valence-electron chi connectivity index (χ4n) is 2.81. The average molecular weight is 393 g/mol. The lowest BCUT2D eigenvalue weighted by Crippen LogP contribution is -2.36. The summed E-state index contributed by atoms with van der Waals surface area (Å²) >= 11 is 0. The van der Waals surface area contributed by atoms with E-state index in [0.29, 0.717) is 11.3 Å². The predicted octanol–water partition coefficient (Wildman–Crippen LogP) is 3.92. The minimum atomic E-state index is -4.39. The van der Waals surface area contributed by atoms with Gasteiger partial charge in [-0.15, -0.1) is 0 Å². The third kappa shape index (κ3) is 4.01. The topological polar surface area (TPSA) is 55.8 Å². The highest BCUT2D eigenvalue weighted by atomic mass is 19.4. The van der Waals surface area contributed by atoms with Crippen LogP contribution in [0.15, 0.2) is 42.5 Å². The minimum absolute atomic E-state index is 0.0312. The average Bonchev–Trinajstić information content (AvgIpc) is 2.90. The van der Waals surface area contributed by atoms with E-state index in [-0.39, 0.29) is 30.4 Å². The molecule has 0 fully saturated rings. The number of halogens is 3. The Morgan fingerprint density at radius 2 is 1.64 bits per heavy atom. The molecular formula is C20H18F3NO4. The molecule has 1 aliphatic rings. The maximum Gasteiger partial charge on any atom is 0.416 e. The number of rotatable bonds is 6. The number of amides is 2. The highest BCUT2D eigenvalue weighted by Crippen LogP contribution is 2.30. The molecule has 1 aliphatic heterocycles. The number of benzene rings is 2. The highest BCUT2D eigenvalue weighted by molar-refractivity contribution is 6.21. The Morgan fingerprint density at radius 1 is 1.00 bits per heavy atom. The van der Waals surface area contributed by atoms with E-state index in [9.17, 15) is 22.8 Å². The van der Waals surface area contributed by atoms with Crippen LogP contribution in [0.1, 0.15) is 38.8 Å². The quantitative estimate of drug-likeness (QED) is 0.699. The maximum atomic E-state index is 12.6. The second-order valence-corrected chi connectivity index (χ2v) is 6.46. The molecule has 0 radical (unpaired) electrons. The van der Waals surface area contributed by atoms with Gasteiger partial charge in [0.25, 0.3) is 11.8 Å². The van der Waals surface area contributed by atoms with Crippen LogP contribution in [0.5, 0.6) is 5.75 Å². The van der Waals surface area contributed by atoms with Crippen LogP contribution < -0.4 is 4.74 Å². The minimum Gasteiger partial charge on any atom is -0.489 e. The zero-order chi connectivity index (χ0) is 20.5. The fourth-order valence-corrected chi connectivity index (χ4v) is 2.81.